The van der Waals surface area contributed by atoms with Gasteiger partial charge in [0, 0.05) is 33.0 Å². The van der Waals surface area contributed by atoms with Crippen LogP contribution in [0.15, 0.2) is 10.7 Å². The zero-order valence-electron chi connectivity index (χ0n) is 12.7. The maximum Gasteiger partial charge on any atom is 0.252 e. The molecule has 22 heavy (non-hydrogen) atoms. The molecule has 3 heterocycles. The summed E-state index contributed by atoms with van der Waals surface area (Å²) >= 11 is 0. The van der Waals surface area contributed by atoms with Crippen LogP contribution in [-0.4, -0.2) is 40.5 Å². The van der Waals surface area contributed by atoms with Gasteiger partial charge in [-0.15, -0.1) is 0 Å². The SMILES string of the molecule is Cc1nc2c(N(C)[C@H]3C[C@H]4CC(=O)NC[C@H]4C3)ncnc2o1. The Hall–Kier alpha value is -2.18. The first-order valence-electron chi connectivity index (χ1n) is 7.69. The first kappa shape index (κ1) is 13.5. The van der Waals surface area contributed by atoms with Gasteiger partial charge in [0.25, 0.3) is 5.71 Å². The van der Waals surface area contributed by atoms with Crippen molar-refractivity contribution < 1.29 is 9.21 Å². The molecule has 7 nitrogen and oxygen atoms in total. The van der Waals surface area contributed by atoms with Gasteiger partial charge in [-0.3, -0.25) is 4.79 Å². The van der Waals surface area contributed by atoms with Gasteiger partial charge in [-0.25, -0.2) is 9.97 Å². The van der Waals surface area contributed by atoms with Crippen LogP contribution in [0.4, 0.5) is 5.82 Å². The van der Waals surface area contributed by atoms with E-state index in [1.54, 1.807) is 0 Å². The van der Waals surface area contributed by atoms with Gasteiger partial charge in [-0.1, -0.05) is 0 Å². The van der Waals surface area contributed by atoms with Crippen molar-refractivity contribution in [2.45, 2.75) is 32.2 Å². The molecule has 2 aromatic rings. The molecule has 1 aliphatic carbocycles. The Balaban J connectivity index is 1.61. The molecule has 1 aliphatic heterocycles. The number of hydrogen-bond donors (Lipinski definition) is 1. The Bertz CT molecular complexity index is 728. The molecule has 0 radical (unpaired) electrons. The zero-order chi connectivity index (χ0) is 15.3. The van der Waals surface area contributed by atoms with Gasteiger partial charge >= 0.3 is 0 Å². The standard InChI is InChI=1S/C15H19N5O2/c1-8-19-13-14(17-7-18-15(13)22-8)20(2)11-3-9-5-12(21)16-6-10(9)4-11/h7,9-11H,3-6H2,1-2H3,(H,16,21)/t9-,10+,11-/m0/s1. The summed E-state index contributed by atoms with van der Waals surface area (Å²) in [6, 6.07) is 0.373. The minimum atomic E-state index is 0.182. The van der Waals surface area contributed by atoms with Crippen molar-refractivity contribution in [3.63, 3.8) is 0 Å². The summed E-state index contributed by atoms with van der Waals surface area (Å²) in [5.74, 6) is 2.64. The lowest BCUT2D eigenvalue weighted by Gasteiger charge is -2.25. The third kappa shape index (κ3) is 2.12. The second-order valence-electron chi connectivity index (χ2n) is 6.35. The van der Waals surface area contributed by atoms with Crippen molar-refractivity contribution in [3.8, 4) is 0 Å². The maximum absolute atomic E-state index is 11.6. The van der Waals surface area contributed by atoms with E-state index in [0.717, 1.165) is 25.2 Å². The number of rotatable bonds is 2. The van der Waals surface area contributed by atoms with Crippen LogP contribution in [0, 0.1) is 18.8 Å². The van der Waals surface area contributed by atoms with Crippen molar-refractivity contribution in [1.29, 1.82) is 0 Å². The molecule has 2 aromatic heterocycles. The number of piperidine rings is 1. The smallest absolute Gasteiger partial charge is 0.252 e. The van der Waals surface area contributed by atoms with E-state index in [9.17, 15) is 4.79 Å². The first-order chi connectivity index (χ1) is 10.6. The molecule has 1 saturated carbocycles. The molecular weight excluding hydrogens is 282 g/mol. The minimum Gasteiger partial charge on any atom is -0.422 e. The van der Waals surface area contributed by atoms with Crippen LogP contribution in [0.1, 0.15) is 25.2 Å². The molecule has 3 atom stereocenters. The lowest BCUT2D eigenvalue weighted by molar-refractivity contribution is -0.124. The third-order valence-electron chi connectivity index (χ3n) is 4.99. The summed E-state index contributed by atoms with van der Waals surface area (Å²) < 4.78 is 5.49. The van der Waals surface area contributed by atoms with E-state index in [1.807, 2.05) is 14.0 Å². The van der Waals surface area contributed by atoms with Crippen LogP contribution in [-0.2, 0) is 4.79 Å². The number of fused-ring (bicyclic) bond motifs is 2. The Morgan fingerprint density at radius 3 is 3.00 bits per heavy atom. The fourth-order valence-electron chi connectivity index (χ4n) is 3.83. The summed E-state index contributed by atoms with van der Waals surface area (Å²) in [5.41, 5.74) is 1.24. The average molecular weight is 301 g/mol. The molecule has 1 N–H and O–H groups in total. The van der Waals surface area contributed by atoms with Gasteiger partial charge in [0.1, 0.15) is 6.33 Å². The Kier molecular flexibility index (Phi) is 3.02. The summed E-state index contributed by atoms with van der Waals surface area (Å²) in [6.45, 7) is 2.61. The van der Waals surface area contributed by atoms with Crippen LogP contribution in [0.25, 0.3) is 11.2 Å². The topological polar surface area (TPSA) is 84.2 Å². The van der Waals surface area contributed by atoms with Crippen LogP contribution < -0.4 is 10.2 Å². The molecule has 0 unspecified atom stereocenters. The van der Waals surface area contributed by atoms with Crippen molar-refractivity contribution in [1.82, 2.24) is 20.3 Å². The van der Waals surface area contributed by atoms with E-state index in [-0.39, 0.29) is 5.91 Å². The Morgan fingerprint density at radius 1 is 1.32 bits per heavy atom. The Morgan fingerprint density at radius 2 is 2.14 bits per heavy atom. The predicted molar refractivity (Wildman–Crippen MR) is 80.4 cm³/mol. The highest BCUT2D eigenvalue weighted by Crippen LogP contribution is 2.39. The molecule has 2 fully saturated rings. The summed E-state index contributed by atoms with van der Waals surface area (Å²) in [6.07, 6.45) is 4.27. The molecule has 1 amide bonds. The number of carbonyl (C=O) groups is 1. The van der Waals surface area contributed by atoms with Gasteiger partial charge in [0.05, 0.1) is 0 Å². The number of nitrogens with zero attached hydrogens (tertiary/aromatic N) is 4. The lowest BCUT2D eigenvalue weighted by atomic mass is 9.89. The van der Waals surface area contributed by atoms with Crippen molar-refractivity contribution >= 4 is 23.0 Å². The minimum absolute atomic E-state index is 0.182. The molecular formula is C15H19N5O2. The van der Waals surface area contributed by atoms with Gasteiger partial charge < -0.3 is 14.6 Å². The van der Waals surface area contributed by atoms with Gasteiger partial charge in [-0.2, -0.15) is 4.98 Å². The van der Waals surface area contributed by atoms with Crippen LogP contribution in [0.5, 0.6) is 0 Å². The van der Waals surface area contributed by atoms with Gasteiger partial charge in [-0.05, 0) is 24.7 Å². The molecule has 7 heteroatoms. The highest BCUT2D eigenvalue weighted by molar-refractivity contribution is 5.81. The van der Waals surface area contributed by atoms with Gasteiger partial charge in [0.2, 0.25) is 5.91 Å². The fraction of sp³-hybridized carbons (Fsp3) is 0.600. The zero-order valence-corrected chi connectivity index (χ0v) is 12.7. The maximum atomic E-state index is 11.6. The van der Waals surface area contributed by atoms with Crippen molar-refractivity contribution in [3.05, 3.63) is 12.2 Å². The Labute approximate surface area is 128 Å². The van der Waals surface area contributed by atoms with Crippen LogP contribution in [0.3, 0.4) is 0 Å². The van der Waals surface area contributed by atoms with Crippen molar-refractivity contribution in [2.24, 2.45) is 11.8 Å². The van der Waals surface area contributed by atoms with E-state index < -0.39 is 0 Å². The van der Waals surface area contributed by atoms with Crippen molar-refractivity contribution in [2.75, 3.05) is 18.5 Å². The highest BCUT2D eigenvalue weighted by Gasteiger charge is 2.40. The summed E-state index contributed by atoms with van der Waals surface area (Å²) in [5, 5.41) is 2.98. The molecule has 4 rings (SSSR count). The van der Waals surface area contributed by atoms with E-state index in [1.165, 1.54) is 6.33 Å². The van der Waals surface area contributed by atoms with E-state index >= 15 is 0 Å². The number of hydrogen-bond acceptors (Lipinski definition) is 6. The first-order valence-corrected chi connectivity index (χ1v) is 7.69. The second kappa shape index (κ2) is 4.93. The quantitative estimate of drug-likeness (QED) is 0.899. The number of carbonyl (C=O) groups excluding carboxylic acids is 1. The monoisotopic (exact) mass is 301 g/mol. The predicted octanol–water partition coefficient (Wildman–Crippen LogP) is 1.28. The van der Waals surface area contributed by atoms with E-state index in [4.69, 9.17) is 4.42 Å². The van der Waals surface area contributed by atoms with Crippen LogP contribution in [0.2, 0.25) is 0 Å². The molecule has 1 saturated heterocycles. The molecule has 0 spiro atoms. The third-order valence-corrected chi connectivity index (χ3v) is 4.99. The fourth-order valence-corrected chi connectivity index (χ4v) is 3.83. The number of aryl methyl sites for hydroxylation is 1. The molecule has 116 valence electrons. The second-order valence-corrected chi connectivity index (χ2v) is 6.35. The number of aromatic nitrogens is 3. The summed E-state index contributed by atoms with van der Waals surface area (Å²) in [7, 11) is 2.04. The van der Waals surface area contributed by atoms with E-state index in [2.05, 4.69) is 25.2 Å². The summed E-state index contributed by atoms with van der Waals surface area (Å²) in [4.78, 5) is 26.7. The molecule has 2 aliphatic rings. The van der Waals surface area contributed by atoms with Gasteiger partial charge in [0.15, 0.2) is 17.2 Å². The molecule has 0 bridgehead atoms. The normalized spacial score (nSPS) is 27.7. The molecule has 0 aromatic carbocycles. The average Bonchev–Trinajstić information content (AvgIpc) is 3.07. The number of amides is 1. The number of anilines is 1. The number of nitrogens with one attached hydrogen (secondary N) is 1. The number of oxazole rings is 1. The van der Waals surface area contributed by atoms with E-state index in [0.29, 0.717) is 41.4 Å². The van der Waals surface area contributed by atoms with Crippen LogP contribution >= 0.6 is 0 Å². The largest absolute Gasteiger partial charge is 0.422 e. The highest BCUT2D eigenvalue weighted by atomic mass is 16.4. The lowest BCUT2D eigenvalue weighted by Crippen LogP contribution is -2.38.